The van der Waals surface area contributed by atoms with E-state index < -0.39 is 7.40 Å². The second-order valence-corrected chi connectivity index (χ2v) is 14.4. The number of benzene rings is 3. The van der Waals surface area contributed by atoms with Crippen LogP contribution in [0.3, 0.4) is 0 Å². The van der Waals surface area contributed by atoms with Crippen LogP contribution in [0.1, 0.15) is 60.0 Å². The van der Waals surface area contributed by atoms with Crippen LogP contribution in [0.4, 0.5) is 8.63 Å². The van der Waals surface area contributed by atoms with E-state index in [1.807, 2.05) is 92.7 Å². The van der Waals surface area contributed by atoms with Crippen LogP contribution >= 0.6 is 31.9 Å². The zero-order chi connectivity index (χ0) is 36.9. The Balaban J connectivity index is 1.70. The van der Waals surface area contributed by atoms with E-state index in [1.165, 1.54) is 5.56 Å². The molecule has 5 nitrogen and oxygen atoms in total. The van der Waals surface area contributed by atoms with E-state index in [1.54, 1.807) is 20.3 Å². The van der Waals surface area contributed by atoms with Gasteiger partial charge in [0.05, 0.1) is 45.8 Å². The fourth-order valence-corrected chi connectivity index (χ4v) is 7.02. The standard InChI is InChI=1S/C41H43BBr2F2N3O2/c1-8-49(5,9-2)26-31-10-18-32(19-11-31)37(40-27(3)38(43)35(47-40)24-16-29-12-20-33(50-6)21-13-29)41-28(4)39(44)36(48(41)42(45)46)25-17-30-14-22-34(51-7)23-15-30/h10-25H,8-9,26H2,1-7H3/q+1/b24-16+,25-17+,40-37-. The molecule has 0 fully saturated rings. The second-order valence-electron chi connectivity index (χ2n) is 12.8. The van der Waals surface area contributed by atoms with Crippen molar-refractivity contribution in [3.63, 3.8) is 0 Å². The van der Waals surface area contributed by atoms with Gasteiger partial charge in [-0.1, -0.05) is 60.7 Å². The number of halogens is 4. The number of hydrogen-bond acceptors (Lipinski definition) is 3. The lowest BCUT2D eigenvalue weighted by atomic mass is 9.94. The summed E-state index contributed by atoms with van der Waals surface area (Å²) in [4.78, 5) is 5.11. The first-order valence-corrected chi connectivity index (χ1v) is 18.5. The van der Waals surface area contributed by atoms with Crippen LogP contribution in [-0.2, 0) is 6.54 Å². The van der Waals surface area contributed by atoms with Crippen molar-refractivity contribution < 1.29 is 22.6 Å². The quantitative estimate of drug-likeness (QED) is 0.0995. The molecule has 0 saturated heterocycles. The summed E-state index contributed by atoms with van der Waals surface area (Å²) in [6.45, 7) is 11.1. The average molecular weight is 818 g/mol. The summed E-state index contributed by atoms with van der Waals surface area (Å²) >= 11 is 7.48. The monoisotopic (exact) mass is 816 g/mol. The van der Waals surface area contributed by atoms with Crippen molar-refractivity contribution in [1.82, 2.24) is 4.48 Å². The fourth-order valence-electron chi connectivity index (χ4n) is 6.10. The van der Waals surface area contributed by atoms with E-state index >= 15 is 8.63 Å². The minimum atomic E-state index is -2.82. The Kier molecular flexibility index (Phi) is 12.4. The molecule has 3 aromatic carbocycles. The maximum atomic E-state index is 15.4. The minimum absolute atomic E-state index is 0.365. The fraction of sp³-hybridized carbons (Fsp3) is 0.244. The van der Waals surface area contributed by atoms with Gasteiger partial charge < -0.3 is 18.4 Å². The van der Waals surface area contributed by atoms with Gasteiger partial charge in [-0.25, -0.2) is 4.99 Å². The van der Waals surface area contributed by atoms with E-state index in [0.29, 0.717) is 38.4 Å². The van der Waals surface area contributed by atoms with E-state index in [4.69, 9.17) is 14.5 Å². The summed E-state index contributed by atoms with van der Waals surface area (Å²) in [5, 5.41) is 0. The van der Waals surface area contributed by atoms with Crippen LogP contribution < -0.4 is 9.47 Å². The number of quaternary nitrogens is 1. The van der Waals surface area contributed by atoms with E-state index in [9.17, 15) is 0 Å². The van der Waals surface area contributed by atoms with Crippen molar-refractivity contribution in [3.8, 4) is 11.5 Å². The molecule has 4 aromatic rings. The Bertz CT molecular complexity index is 2020. The molecule has 264 valence electrons. The minimum Gasteiger partial charge on any atom is -0.497 e. The molecule has 2 heterocycles. The van der Waals surface area contributed by atoms with Crippen LogP contribution in [0.5, 0.6) is 11.5 Å². The maximum absolute atomic E-state index is 15.4. The highest BCUT2D eigenvalue weighted by Crippen LogP contribution is 2.43. The number of nitrogens with zero attached hydrogens (tertiary/aromatic N) is 3. The average Bonchev–Trinajstić information content (AvgIpc) is 3.57. The molecule has 0 atom stereocenters. The van der Waals surface area contributed by atoms with Gasteiger partial charge in [-0.15, -0.1) is 0 Å². The first-order valence-electron chi connectivity index (χ1n) is 16.9. The van der Waals surface area contributed by atoms with Crippen molar-refractivity contribution >= 4 is 68.8 Å². The van der Waals surface area contributed by atoms with Crippen LogP contribution in [0.2, 0.25) is 0 Å². The van der Waals surface area contributed by atoms with E-state index in [0.717, 1.165) is 66.8 Å². The first-order chi connectivity index (χ1) is 24.4. The molecule has 0 aliphatic carbocycles. The van der Waals surface area contributed by atoms with Gasteiger partial charge in [0.25, 0.3) is 0 Å². The molecule has 1 aromatic heterocycles. The topological polar surface area (TPSA) is 35.8 Å². The molecule has 0 radical (unpaired) electrons. The van der Waals surface area contributed by atoms with Crippen molar-refractivity contribution in [2.24, 2.45) is 4.99 Å². The Morgan fingerprint density at radius 3 is 1.82 bits per heavy atom. The summed E-state index contributed by atoms with van der Waals surface area (Å²) in [5.41, 5.74) is 8.13. The SMILES string of the molecule is CC[N+](C)(CC)Cc1ccc(/C(=C2N=C(/C=C/c3ccc(OC)cc3)C(Br)=C/2C)c2c(C)c(Br)c(/C=C/c3ccc(OC)cc3)n2B(F)F)cc1. The van der Waals surface area contributed by atoms with Crippen LogP contribution in [-0.4, -0.2) is 56.4 Å². The van der Waals surface area contributed by atoms with Gasteiger partial charge >= 0.3 is 7.40 Å². The van der Waals surface area contributed by atoms with Gasteiger partial charge in [0.15, 0.2) is 0 Å². The van der Waals surface area contributed by atoms with Crippen molar-refractivity contribution in [3.05, 3.63) is 138 Å². The van der Waals surface area contributed by atoms with Gasteiger partial charge in [0.1, 0.15) is 18.0 Å². The number of allylic oxidation sites excluding steroid dienone is 3. The lowest BCUT2D eigenvalue weighted by Gasteiger charge is -2.32. The predicted octanol–water partition coefficient (Wildman–Crippen LogP) is 11.1. The first kappa shape index (κ1) is 38.3. The molecule has 0 bridgehead atoms. The highest BCUT2D eigenvalue weighted by molar-refractivity contribution is 9.12. The largest absolute Gasteiger partial charge is 0.678 e. The maximum Gasteiger partial charge on any atom is 0.678 e. The molecular formula is C41H43BBr2F2N3O2+. The Hall–Kier alpha value is -3.99. The summed E-state index contributed by atoms with van der Waals surface area (Å²) in [5.74, 6) is 1.50. The summed E-state index contributed by atoms with van der Waals surface area (Å²) in [6, 6.07) is 23.5. The highest BCUT2D eigenvalue weighted by atomic mass is 79.9. The molecule has 1 aliphatic heterocycles. The number of methoxy groups -OCH3 is 2. The molecule has 1 aliphatic rings. The summed E-state index contributed by atoms with van der Waals surface area (Å²) in [6.07, 6.45) is 7.48. The second kappa shape index (κ2) is 16.6. The Morgan fingerprint density at radius 2 is 1.33 bits per heavy atom. The number of aliphatic imine (C=N–C) groups is 1. The smallest absolute Gasteiger partial charge is 0.497 e. The molecule has 5 rings (SSSR count). The normalized spacial score (nSPS) is 14.5. The number of ether oxygens (including phenoxy) is 2. The third-order valence-electron chi connectivity index (χ3n) is 9.65. The van der Waals surface area contributed by atoms with Crippen molar-refractivity contribution in [1.29, 1.82) is 0 Å². The molecular weight excluding hydrogens is 775 g/mol. The summed E-state index contributed by atoms with van der Waals surface area (Å²) in [7, 11) is 2.67. The van der Waals surface area contributed by atoms with Gasteiger partial charge in [-0.05, 0) is 124 Å². The van der Waals surface area contributed by atoms with Crippen LogP contribution in [0.15, 0.2) is 104 Å². The molecule has 0 amide bonds. The molecule has 0 unspecified atom stereocenters. The lowest BCUT2D eigenvalue weighted by molar-refractivity contribution is -0.919. The van der Waals surface area contributed by atoms with Gasteiger partial charge in [-0.2, -0.15) is 0 Å². The predicted molar refractivity (Wildman–Crippen MR) is 217 cm³/mol. The Labute approximate surface area is 317 Å². The Morgan fingerprint density at radius 1 is 0.804 bits per heavy atom. The van der Waals surface area contributed by atoms with Crippen LogP contribution in [0, 0.1) is 6.92 Å². The van der Waals surface area contributed by atoms with E-state index in [2.05, 4.69) is 64.9 Å². The van der Waals surface area contributed by atoms with E-state index in [-0.39, 0.29) is 0 Å². The highest BCUT2D eigenvalue weighted by Gasteiger charge is 2.33. The third-order valence-corrected chi connectivity index (χ3v) is 11.7. The molecule has 10 heteroatoms. The third kappa shape index (κ3) is 8.40. The zero-order valence-corrected chi connectivity index (χ0v) is 33.3. The molecule has 51 heavy (non-hydrogen) atoms. The number of hydrogen-bond donors (Lipinski definition) is 0. The van der Waals surface area contributed by atoms with Gasteiger partial charge in [0.2, 0.25) is 0 Å². The summed E-state index contributed by atoms with van der Waals surface area (Å²) < 4.78 is 44.8. The molecule has 0 saturated carbocycles. The molecule has 0 N–H and O–H groups in total. The van der Waals surface area contributed by atoms with Crippen LogP contribution in [0.25, 0.3) is 23.8 Å². The van der Waals surface area contributed by atoms with Gasteiger partial charge in [-0.3, -0.25) is 8.63 Å². The number of aromatic nitrogens is 1. The van der Waals surface area contributed by atoms with Crippen molar-refractivity contribution in [2.45, 2.75) is 34.2 Å². The zero-order valence-electron chi connectivity index (χ0n) is 30.1. The van der Waals surface area contributed by atoms with Crippen molar-refractivity contribution in [2.75, 3.05) is 34.4 Å². The van der Waals surface area contributed by atoms with Gasteiger partial charge in [0, 0.05) is 31.5 Å². The number of rotatable bonds is 13. The lowest BCUT2D eigenvalue weighted by Crippen LogP contribution is -2.42. The molecule has 0 spiro atoms.